The van der Waals surface area contributed by atoms with Crippen LogP contribution in [0.4, 0.5) is 0 Å². The summed E-state index contributed by atoms with van der Waals surface area (Å²) in [5.41, 5.74) is 0. The van der Waals surface area contributed by atoms with Crippen molar-refractivity contribution in [1.29, 1.82) is 0 Å². The van der Waals surface area contributed by atoms with E-state index in [0.717, 1.165) is 32.7 Å². The molecule has 0 aromatic heterocycles. The molecule has 0 radical (unpaired) electrons. The Morgan fingerprint density at radius 2 is 2.20 bits per heavy atom. The van der Waals surface area contributed by atoms with Gasteiger partial charge < -0.3 is 15.4 Å². The Bertz CT molecular complexity index is 180. The number of rotatable bonds is 6. The van der Waals surface area contributed by atoms with Crippen molar-refractivity contribution >= 4 is 6.47 Å². The van der Waals surface area contributed by atoms with Gasteiger partial charge in [0, 0.05) is 19.6 Å². The van der Waals surface area contributed by atoms with E-state index in [9.17, 15) is 4.79 Å². The number of carbonyl (C=O) groups excluding carboxylic acids is 1. The first-order valence-electron chi connectivity index (χ1n) is 5.60. The van der Waals surface area contributed by atoms with Gasteiger partial charge in [-0.2, -0.15) is 0 Å². The van der Waals surface area contributed by atoms with Gasteiger partial charge in [-0.3, -0.25) is 9.69 Å². The topological polar surface area (TPSA) is 53.6 Å². The molecule has 0 bridgehead atoms. The first kappa shape index (κ1) is 12.4. The second-order valence-corrected chi connectivity index (χ2v) is 3.61. The summed E-state index contributed by atoms with van der Waals surface area (Å²) in [6.07, 6.45) is -0.162. The molecule has 0 spiro atoms. The molecule has 5 heteroatoms. The SMILES string of the molecule is CCN(CC)C(OC=O)C1CNCCN1. The third kappa shape index (κ3) is 3.44. The summed E-state index contributed by atoms with van der Waals surface area (Å²) in [5.74, 6) is 0. The quantitative estimate of drug-likeness (QED) is 0.457. The van der Waals surface area contributed by atoms with Gasteiger partial charge in [0.05, 0.1) is 6.04 Å². The van der Waals surface area contributed by atoms with Crippen LogP contribution in [0, 0.1) is 0 Å². The predicted octanol–water partition coefficient (Wildman–Crippen LogP) is -0.611. The minimum atomic E-state index is -0.162. The van der Waals surface area contributed by atoms with Gasteiger partial charge in [0.15, 0.2) is 6.23 Å². The molecule has 1 rings (SSSR count). The molecule has 1 aliphatic rings. The third-order valence-electron chi connectivity index (χ3n) is 2.78. The number of carbonyl (C=O) groups is 1. The number of ether oxygens (including phenoxy) is 1. The molecule has 1 heterocycles. The molecule has 1 fully saturated rings. The molecule has 15 heavy (non-hydrogen) atoms. The zero-order valence-electron chi connectivity index (χ0n) is 9.53. The maximum Gasteiger partial charge on any atom is 0.294 e. The van der Waals surface area contributed by atoms with Crippen LogP contribution in [0.2, 0.25) is 0 Å². The van der Waals surface area contributed by atoms with E-state index in [1.54, 1.807) is 0 Å². The van der Waals surface area contributed by atoms with Crippen molar-refractivity contribution in [3.63, 3.8) is 0 Å². The smallest absolute Gasteiger partial charge is 0.294 e. The number of hydrogen-bond donors (Lipinski definition) is 2. The summed E-state index contributed by atoms with van der Waals surface area (Å²) in [5, 5.41) is 6.66. The minimum absolute atomic E-state index is 0.162. The highest BCUT2D eigenvalue weighted by molar-refractivity contribution is 5.37. The van der Waals surface area contributed by atoms with Crippen LogP contribution in [0.5, 0.6) is 0 Å². The van der Waals surface area contributed by atoms with Crippen molar-refractivity contribution in [3.05, 3.63) is 0 Å². The van der Waals surface area contributed by atoms with Crippen molar-refractivity contribution < 1.29 is 9.53 Å². The van der Waals surface area contributed by atoms with Crippen LogP contribution in [0.1, 0.15) is 13.8 Å². The Hall–Kier alpha value is -0.650. The van der Waals surface area contributed by atoms with Crippen LogP contribution >= 0.6 is 0 Å². The predicted molar refractivity (Wildman–Crippen MR) is 58.5 cm³/mol. The highest BCUT2D eigenvalue weighted by Gasteiger charge is 2.28. The third-order valence-corrected chi connectivity index (χ3v) is 2.78. The van der Waals surface area contributed by atoms with Crippen LogP contribution < -0.4 is 10.6 Å². The van der Waals surface area contributed by atoms with E-state index in [4.69, 9.17) is 4.74 Å². The molecule has 0 aliphatic carbocycles. The lowest BCUT2D eigenvalue weighted by molar-refractivity contribution is -0.146. The van der Waals surface area contributed by atoms with Gasteiger partial charge in [0.25, 0.3) is 6.47 Å². The maximum atomic E-state index is 10.5. The van der Waals surface area contributed by atoms with Gasteiger partial charge in [-0.15, -0.1) is 0 Å². The number of nitrogens with one attached hydrogen (secondary N) is 2. The summed E-state index contributed by atoms with van der Waals surface area (Å²) in [7, 11) is 0. The Labute approximate surface area is 91.2 Å². The van der Waals surface area contributed by atoms with Crippen molar-refractivity contribution in [1.82, 2.24) is 15.5 Å². The van der Waals surface area contributed by atoms with E-state index in [-0.39, 0.29) is 12.3 Å². The second-order valence-electron chi connectivity index (χ2n) is 3.61. The molecule has 88 valence electrons. The molecule has 2 unspecified atom stereocenters. The lowest BCUT2D eigenvalue weighted by Crippen LogP contribution is -2.59. The average molecular weight is 215 g/mol. The highest BCUT2D eigenvalue weighted by atomic mass is 16.5. The van der Waals surface area contributed by atoms with Gasteiger partial charge in [-0.1, -0.05) is 13.8 Å². The molecular formula is C10H21N3O2. The van der Waals surface area contributed by atoms with Crippen LogP contribution in [-0.2, 0) is 9.53 Å². The first-order chi connectivity index (χ1) is 7.33. The summed E-state index contributed by atoms with van der Waals surface area (Å²) in [6, 6.07) is 0.184. The molecular weight excluding hydrogens is 194 g/mol. The van der Waals surface area contributed by atoms with Crippen molar-refractivity contribution in [2.45, 2.75) is 26.1 Å². The lowest BCUT2D eigenvalue weighted by Gasteiger charge is -2.36. The molecule has 0 saturated carbocycles. The Morgan fingerprint density at radius 3 is 2.67 bits per heavy atom. The Kier molecular flexibility index (Phi) is 5.60. The fraction of sp³-hybridized carbons (Fsp3) is 0.900. The van der Waals surface area contributed by atoms with Crippen LogP contribution in [0.15, 0.2) is 0 Å². The van der Waals surface area contributed by atoms with E-state index in [2.05, 4.69) is 29.4 Å². The van der Waals surface area contributed by atoms with Gasteiger partial charge in [0.2, 0.25) is 0 Å². The summed E-state index contributed by atoms with van der Waals surface area (Å²) < 4.78 is 5.17. The van der Waals surface area contributed by atoms with Gasteiger partial charge in [-0.05, 0) is 13.1 Å². The molecule has 1 saturated heterocycles. The number of nitrogens with zero attached hydrogens (tertiary/aromatic N) is 1. The summed E-state index contributed by atoms with van der Waals surface area (Å²) in [4.78, 5) is 12.6. The summed E-state index contributed by atoms with van der Waals surface area (Å²) >= 11 is 0. The largest absolute Gasteiger partial charge is 0.447 e. The van der Waals surface area contributed by atoms with Crippen LogP contribution in [-0.4, -0.2) is 56.4 Å². The number of hydrogen-bond acceptors (Lipinski definition) is 5. The standard InChI is InChI=1S/C10H21N3O2/c1-3-13(4-2)10(15-8-14)9-7-11-5-6-12-9/h8-12H,3-7H2,1-2H3. The average Bonchev–Trinajstić information content (AvgIpc) is 2.30. The fourth-order valence-corrected chi connectivity index (χ4v) is 1.95. The molecule has 1 aliphatic heterocycles. The van der Waals surface area contributed by atoms with Gasteiger partial charge in [-0.25, -0.2) is 0 Å². The van der Waals surface area contributed by atoms with Gasteiger partial charge >= 0.3 is 0 Å². The monoisotopic (exact) mass is 215 g/mol. The first-order valence-corrected chi connectivity index (χ1v) is 5.60. The van der Waals surface area contributed by atoms with E-state index in [0.29, 0.717) is 6.47 Å². The Morgan fingerprint density at radius 1 is 1.47 bits per heavy atom. The zero-order chi connectivity index (χ0) is 11.1. The normalized spacial score (nSPS) is 23.8. The van der Waals surface area contributed by atoms with Crippen molar-refractivity contribution in [2.24, 2.45) is 0 Å². The zero-order valence-corrected chi connectivity index (χ0v) is 9.53. The Balaban J connectivity index is 2.57. The van der Waals surface area contributed by atoms with Crippen molar-refractivity contribution in [3.8, 4) is 0 Å². The van der Waals surface area contributed by atoms with Crippen LogP contribution in [0.25, 0.3) is 0 Å². The molecule has 0 amide bonds. The lowest BCUT2D eigenvalue weighted by atomic mass is 10.2. The van der Waals surface area contributed by atoms with Crippen molar-refractivity contribution in [2.75, 3.05) is 32.7 Å². The minimum Gasteiger partial charge on any atom is -0.447 e. The second kappa shape index (κ2) is 6.76. The molecule has 2 atom stereocenters. The number of piperazine rings is 1. The summed E-state index contributed by atoms with van der Waals surface area (Å²) in [6.45, 7) is 9.18. The molecule has 5 nitrogen and oxygen atoms in total. The molecule has 0 aromatic carbocycles. The van der Waals surface area contributed by atoms with E-state index in [1.807, 2.05) is 0 Å². The van der Waals surface area contributed by atoms with E-state index in [1.165, 1.54) is 0 Å². The number of likely N-dealkylation sites (N-methyl/N-ethyl adjacent to an activating group) is 1. The highest BCUT2D eigenvalue weighted by Crippen LogP contribution is 2.06. The van der Waals surface area contributed by atoms with E-state index >= 15 is 0 Å². The molecule has 2 N–H and O–H groups in total. The van der Waals surface area contributed by atoms with E-state index < -0.39 is 0 Å². The van der Waals surface area contributed by atoms with Crippen LogP contribution in [0.3, 0.4) is 0 Å². The van der Waals surface area contributed by atoms with Gasteiger partial charge in [0.1, 0.15) is 0 Å². The fourth-order valence-electron chi connectivity index (χ4n) is 1.95. The maximum absolute atomic E-state index is 10.5. The molecule has 0 aromatic rings.